The second-order valence-corrected chi connectivity index (χ2v) is 9.95. The van der Waals surface area contributed by atoms with E-state index in [0.717, 1.165) is 29.3 Å². The van der Waals surface area contributed by atoms with Gasteiger partial charge in [0.2, 0.25) is 6.79 Å². The zero-order valence-corrected chi connectivity index (χ0v) is 21.8. The van der Waals surface area contributed by atoms with Gasteiger partial charge in [-0.1, -0.05) is 44.2 Å². The van der Waals surface area contributed by atoms with Gasteiger partial charge in [0.1, 0.15) is 22.9 Å². The molecule has 0 fully saturated rings. The molecule has 1 atom stereocenters. The van der Waals surface area contributed by atoms with Crippen molar-refractivity contribution in [3.8, 4) is 17.2 Å². The third kappa shape index (κ3) is 4.28. The van der Waals surface area contributed by atoms with Crippen LogP contribution < -0.4 is 19.6 Å². The molecule has 0 radical (unpaired) electrons. The Labute approximate surface area is 221 Å². The number of benzene rings is 3. The van der Waals surface area contributed by atoms with E-state index in [9.17, 15) is 4.79 Å². The number of hydrogen-bond acceptors (Lipinski definition) is 7. The van der Waals surface area contributed by atoms with Crippen LogP contribution in [-0.2, 0) is 6.42 Å². The topological polar surface area (TPSA) is 73.5 Å². The molecule has 1 unspecified atom stereocenters. The fourth-order valence-corrected chi connectivity index (χ4v) is 5.39. The van der Waals surface area contributed by atoms with E-state index in [1.165, 1.54) is 0 Å². The molecule has 6 rings (SSSR count). The lowest BCUT2D eigenvalue weighted by Gasteiger charge is -2.34. The predicted molar refractivity (Wildman–Crippen MR) is 147 cm³/mol. The maximum absolute atomic E-state index is 14.0. The molecule has 194 valence electrons. The molecule has 2 aliphatic heterocycles. The molecule has 0 bridgehead atoms. The second-order valence-electron chi connectivity index (χ2n) is 9.95. The van der Waals surface area contributed by atoms with Crippen molar-refractivity contribution < 1.29 is 18.6 Å². The first kappa shape index (κ1) is 24.1. The highest BCUT2D eigenvalue weighted by Crippen LogP contribution is 2.38. The lowest BCUT2D eigenvalue weighted by Crippen LogP contribution is -2.37. The van der Waals surface area contributed by atoms with Gasteiger partial charge in [0.15, 0.2) is 16.9 Å². The van der Waals surface area contributed by atoms with Crippen LogP contribution in [0.4, 0.5) is 0 Å². The molecule has 0 aliphatic carbocycles. The number of methoxy groups -OCH3 is 1. The molecule has 7 nitrogen and oxygen atoms in total. The first-order valence-corrected chi connectivity index (χ1v) is 12.9. The summed E-state index contributed by atoms with van der Waals surface area (Å²) in [6, 6.07) is 21.1. The van der Waals surface area contributed by atoms with Gasteiger partial charge < -0.3 is 23.5 Å². The summed E-state index contributed by atoms with van der Waals surface area (Å²) in [7, 11) is 1.61. The number of fused-ring (bicyclic) bond motifs is 2. The Morgan fingerprint density at radius 3 is 2.61 bits per heavy atom. The molecule has 7 heteroatoms. The van der Waals surface area contributed by atoms with Crippen LogP contribution in [0.1, 0.15) is 42.3 Å². The highest BCUT2D eigenvalue weighted by atomic mass is 16.7. The van der Waals surface area contributed by atoms with Crippen LogP contribution in [0.25, 0.3) is 11.0 Å². The van der Waals surface area contributed by atoms with Gasteiger partial charge in [-0.15, -0.1) is 0 Å². The Morgan fingerprint density at radius 1 is 1.00 bits per heavy atom. The normalized spacial score (nSPS) is 15.3. The van der Waals surface area contributed by atoms with Crippen LogP contribution in [0, 0.1) is 5.92 Å². The average Bonchev–Trinajstić information content (AvgIpc) is 3.60. The zero-order valence-electron chi connectivity index (χ0n) is 21.8. The predicted octanol–water partition coefficient (Wildman–Crippen LogP) is 5.58. The summed E-state index contributed by atoms with van der Waals surface area (Å²) in [5.41, 5.74) is 3.19. The van der Waals surface area contributed by atoms with Crippen LogP contribution in [0.5, 0.6) is 17.2 Å². The van der Waals surface area contributed by atoms with Gasteiger partial charge in [-0.05, 0) is 41.8 Å². The Morgan fingerprint density at radius 2 is 1.82 bits per heavy atom. The van der Waals surface area contributed by atoms with E-state index in [1.54, 1.807) is 25.3 Å². The number of ether oxygens (including phenoxy) is 3. The first-order chi connectivity index (χ1) is 18.5. The number of nitrogens with zero attached hydrogens (tertiary/aromatic N) is 2. The standard InChI is InChI=1S/C31H30N2O5/c1-19(2)28(33-14-13-32-31(33)21-9-12-25-27(16-21)37-18-36-25)30-24(15-20-7-5-4-6-8-20)29(34)23-11-10-22(35-3)17-26(23)38-30/h4-12,16-17,19,28H,13-15,18H2,1-3H3. The van der Waals surface area contributed by atoms with Crippen LogP contribution >= 0.6 is 0 Å². The van der Waals surface area contributed by atoms with Gasteiger partial charge in [-0.25, -0.2) is 0 Å². The summed E-state index contributed by atoms with van der Waals surface area (Å²) in [6.07, 6.45) is 0.480. The van der Waals surface area contributed by atoms with Crippen molar-refractivity contribution in [2.45, 2.75) is 26.3 Å². The summed E-state index contributed by atoms with van der Waals surface area (Å²) in [5, 5.41) is 0.550. The van der Waals surface area contributed by atoms with Gasteiger partial charge in [-0.2, -0.15) is 0 Å². The van der Waals surface area contributed by atoms with Crippen molar-refractivity contribution in [3.63, 3.8) is 0 Å². The molecule has 1 aromatic heterocycles. The van der Waals surface area contributed by atoms with Crippen LogP contribution in [0.15, 0.2) is 80.9 Å². The second kappa shape index (κ2) is 9.89. The molecule has 3 heterocycles. The lowest BCUT2D eigenvalue weighted by molar-refractivity contribution is 0.174. The van der Waals surface area contributed by atoms with Crippen molar-refractivity contribution in [1.29, 1.82) is 0 Å². The molecular formula is C31H30N2O5. The van der Waals surface area contributed by atoms with E-state index in [-0.39, 0.29) is 24.2 Å². The van der Waals surface area contributed by atoms with E-state index in [0.29, 0.717) is 46.8 Å². The van der Waals surface area contributed by atoms with Crippen molar-refractivity contribution in [2.75, 3.05) is 27.0 Å². The minimum Gasteiger partial charge on any atom is -0.497 e. The lowest BCUT2D eigenvalue weighted by atomic mass is 9.92. The summed E-state index contributed by atoms with van der Waals surface area (Å²) in [5.74, 6) is 3.76. The quantitative estimate of drug-likeness (QED) is 0.323. The number of hydrogen-bond donors (Lipinski definition) is 0. The average molecular weight is 511 g/mol. The minimum absolute atomic E-state index is 0.0147. The van der Waals surface area contributed by atoms with E-state index in [2.05, 4.69) is 18.7 Å². The summed E-state index contributed by atoms with van der Waals surface area (Å²) >= 11 is 0. The third-order valence-corrected chi connectivity index (χ3v) is 7.19. The van der Waals surface area contributed by atoms with Gasteiger partial charge in [0, 0.05) is 30.2 Å². The fourth-order valence-electron chi connectivity index (χ4n) is 5.39. The fraction of sp³-hybridized carbons (Fsp3) is 0.290. The molecule has 0 saturated heterocycles. The van der Waals surface area contributed by atoms with Crippen LogP contribution in [0.2, 0.25) is 0 Å². The molecule has 0 saturated carbocycles. The van der Waals surface area contributed by atoms with E-state index in [1.807, 2.05) is 48.5 Å². The molecule has 38 heavy (non-hydrogen) atoms. The summed E-state index contributed by atoms with van der Waals surface area (Å²) in [4.78, 5) is 21.1. The van der Waals surface area contributed by atoms with Gasteiger partial charge in [0.05, 0.1) is 25.1 Å². The Bertz CT molecular complexity index is 1580. The van der Waals surface area contributed by atoms with Gasteiger partial charge in [-0.3, -0.25) is 9.79 Å². The molecule has 0 N–H and O–H groups in total. The molecular weight excluding hydrogens is 480 g/mol. The largest absolute Gasteiger partial charge is 0.497 e. The summed E-state index contributed by atoms with van der Waals surface area (Å²) < 4.78 is 23.2. The minimum atomic E-state index is -0.205. The Hall–Kier alpha value is -4.26. The van der Waals surface area contributed by atoms with Crippen LogP contribution in [0.3, 0.4) is 0 Å². The third-order valence-electron chi connectivity index (χ3n) is 7.19. The van der Waals surface area contributed by atoms with Gasteiger partial charge >= 0.3 is 0 Å². The van der Waals surface area contributed by atoms with Crippen LogP contribution in [-0.4, -0.2) is 37.7 Å². The highest BCUT2D eigenvalue weighted by molar-refractivity contribution is 6.00. The Kier molecular flexibility index (Phi) is 6.27. The van der Waals surface area contributed by atoms with E-state index >= 15 is 0 Å². The molecule has 3 aromatic carbocycles. The van der Waals surface area contributed by atoms with Crippen molar-refractivity contribution in [3.05, 3.63) is 99.4 Å². The highest BCUT2D eigenvalue weighted by Gasteiger charge is 2.35. The molecule has 0 amide bonds. The molecule has 4 aromatic rings. The summed E-state index contributed by atoms with van der Waals surface area (Å²) in [6.45, 7) is 5.91. The van der Waals surface area contributed by atoms with Crippen molar-refractivity contribution >= 4 is 16.8 Å². The SMILES string of the molecule is COc1ccc2c(=O)c(Cc3ccccc3)c(C(C(C)C)N3CCN=C3c3ccc4c(c3)OCO4)oc2c1. The maximum atomic E-state index is 14.0. The van der Waals surface area contributed by atoms with Crippen molar-refractivity contribution in [2.24, 2.45) is 10.9 Å². The molecule has 0 spiro atoms. The van der Waals surface area contributed by atoms with E-state index < -0.39 is 0 Å². The Balaban J connectivity index is 1.50. The number of amidine groups is 1. The number of aliphatic imine (C=N–C) groups is 1. The van der Waals surface area contributed by atoms with Gasteiger partial charge in [0.25, 0.3) is 0 Å². The maximum Gasteiger partial charge on any atom is 0.231 e. The monoisotopic (exact) mass is 510 g/mol. The van der Waals surface area contributed by atoms with Crippen molar-refractivity contribution in [1.82, 2.24) is 4.90 Å². The smallest absolute Gasteiger partial charge is 0.231 e. The first-order valence-electron chi connectivity index (χ1n) is 12.9. The molecule has 2 aliphatic rings. The van der Waals surface area contributed by atoms with E-state index in [4.69, 9.17) is 23.6 Å². The number of rotatable bonds is 7. The zero-order chi connectivity index (χ0) is 26.2.